The molecular formula is C19H19N3O4S. The SMILES string of the molecule is COc1ccc2nc(C)c(C(=O)Nc3ccc(NS(C)(=O)=O)cc3)cc2c1. The first-order chi connectivity index (χ1) is 12.7. The van der Waals surface area contributed by atoms with E-state index in [1.807, 2.05) is 18.2 Å². The van der Waals surface area contributed by atoms with Gasteiger partial charge in [-0.2, -0.15) is 0 Å². The van der Waals surface area contributed by atoms with Crippen LogP contribution in [0.25, 0.3) is 10.9 Å². The Labute approximate surface area is 157 Å². The second-order valence-electron chi connectivity index (χ2n) is 6.09. The predicted molar refractivity (Wildman–Crippen MR) is 106 cm³/mol. The number of amides is 1. The molecule has 2 aromatic carbocycles. The van der Waals surface area contributed by atoms with Crippen molar-refractivity contribution in [2.24, 2.45) is 0 Å². The first kappa shape index (κ1) is 18.7. The average molecular weight is 385 g/mol. The van der Waals surface area contributed by atoms with Gasteiger partial charge in [0.2, 0.25) is 10.0 Å². The van der Waals surface area contributed by atoms with Gasteiger partial charge in [0.1, 0.15) is 5.75 Å². The van der Waals surface area contributed by atoms with Crippen LogP contribution in [0.5, 0.6) is 5.75 Å². The third-order valence-corrected chi connectivity index (χ3v) is 4.51. The lowest BCUT2D eigenvalue weighted by atomic mass is 10.1. The summed E-state index contributed by atoms with van der Waals surface area (Å²) in [4.78, 5) is 17.1. The number of methoxy groups -OCH3 is 1. The fourth-order valence-corrected chi connectivity index (χ4v) is 3.21. The van der Waals surface area contributed by atoms with Gasteiger partial charge < -0.3 is 10.1 Å². The van der Waals surface area contributed by atoms with Crippen molar-refractivity contribution in [1.29, 1.82) is 0 Å². The van der Waals surface area contributed by atoms with Crippen LogP contribution in [0.3, 0.4) is 0 Å². The number of aromatic nitrogens is 1. The van der Waals surface area contributed by atoms with Gasteiger partial charge >= 0.3 is 0 Å². The van der Waals surface area contributed by atoms with Crippen molar-refractivity contribution >= 4 is 38.2 Å². The molecule has 0 saturated carbocycles. The van der Waals surface area contributed by atoms with E-state index in [0.29, 0.717) is 28.4 Å². The zero-order valence-corrected chi connectivity index (χ0v) is 15.9. The van der Waals surface area contributed by atoms with E-state index in [9.17, 15) is 13.2 Å². The van der Waals surface area contributed by atoms with Gasteiger partial charge in [0.05, 0.1) is 30.1 Å². The molecule has 7 nitrogen and oxygen atoms in total. The van der Waals surface area contributed by atoms with Crippen LogP contribution in [0, 0.1) is 6.92 Å². The number of benzene rings is 2. The quantitative estimate of drug-likeness (QED) is 0.703. The van der Waals surface area contributed by atoms with Crippen molar-refractivity contribution in [3.05, 3.63) is 59.8 Å². The first-order valence-corrected chi connectivity index (χ1v) is 9.99. The highest BCUT2D eigenvalue weighted by atomic mass is 32.2. The normalized spacial score (nSPS) is 11.2. The van der Waals surface area contributed by atoms with Crippen molar-refractivity contribution in [2.45, 2.75) is 6.92 Å². The summed E-state index contributed by atoms with van der Waals surface area (Å²) >= 11 is 0. The van der Waals surface area contributed by atoms with Crippen LogP contribution in [0.2, 0.25) is 0 Å². The standard InChI is InChI=1S/C19H19N3O4S/c1-12-17(11-13-10-16(26-2)8-9-18(13)20-12)19(23)21-14-4-6-15(7-5-14)22-27(3,24)25/h4-11,22H,1-3H3,(H,21,23). The number of sulfonamides is 1. The van der Waals surface area contributed by atoms with Crippen LogP contribution in [0.1, 0.15) is 16.1 Å². The number of hydrogen-bond acceptors (Lipinski definition) is 5. The average Bonchev–Trinajstić information content (AvgIpc) is 2.61. The molecule has 0 aliphatic heterocycles. The molecule has 0 aliphatic carbocycles. The Kier molecular flexibility index (Phi) is 5.00. The number of carbonyl (C=O) groups excluding carboxylic acids is 1. The lowest BCUT2D eigenvalue weighted by Crippen LogP contribution is -2.14. The number of rotatable bonds is 5. The molecule has 0 fully saturated rings. The van der Waals surface area contributed by atoms with E-state index in [1.54, 1.807) is 44.4 Å². The molecule has 0 radical (unpaired) electrons. The largest absolute Gasteiger partial charge is 0.497 e. The third-order valence-electron chi connectivity index (χ3n) is 3.90. The second kappa shape index (κ2) is 7.24. The first-order valence-electron chi connectivity index (χ1n) is 8.10. The second-order valence-corrected chi connectivity index (χ2v) is 7.83. The maximum Gasteiger partial charge on any atom is 0.257 e. The Hall–Kier alpha value is -3.13. The summed E-state index contributed by atoms with van der Waals surface area (Å²) in [7, 11) is -1.76. The fraction of sp³-hybridized carbons (Fsp3) is 0.158. The Balaban J connectivity index is 1.84. The maximum atomic E-state index is 12.7. The summed E-state index contributed by atoms with van der Waals surface area (Å²) in [6, 6.07) is 13.7. The van der Waals surface area contributed by atoms with Gasteiger partial charge in [0.25, 0.3) is 5.91 Å². The molecule has 0 spiro atoms. The maximum absolute atomic E-state index is 12.7. The van der Waals surface area contributed by atoms with Gasteiger partial charge in [-0.25, -0.2) is 8.42 Å². The molecule has 8 heteroatoms. The summed E-state index contributed by atoms with van der Waals surface area (Å²) in [5.41, 5.74) is 2.81. The topological polar surface area (TPSA) is 97.4 Å². The zero-order chi connectivity index (χ0) is 19.6. The van der Waals surface area contributed by atoms with E-state index in [-0.39, 0.29) is 5.91 Å². The molecule has 3 aromatic rings. The summed E-state index contributed by atoms with van der Waals surface area (Å²) < 4.78 is 30.1. The highest BCUT2D eigenvalue weighted by Gasteiger charge is 2.13. The fourth-order valence-electron chi connectivity index (χ4n) is 2.64. The zero-order valence-electron chi connectivity index (χ0n) is 15.1. The van der Waals surface area contributed by atoms with E-state index in [2.05, 4.69) is 15.0 Å². The number of fused-ring (bicyclic) bond motifs is 1. The molecule has 3 rings (SSSR count). The summed E-state index contributed by atoms with van der Waals surface area (Å²) in [5, 5.41) is 3.60. The molecule has 0 bridgehead atoms. The van der Waals surface area contributed by atoms with E-state index < -0.39 is 10.0 Å². The Bertz CT molecular complexity index is 1110. The minimum absolute atomic E-state index is 0.298. The van der Waals surface area contributed by atoms with Crippen molar-refractivity contribution < 1.29 is 17.9 Å². The van der Waals surface area contributed by atoms with Crippen LogP contribution in [0.4, 0.5) is 11.4 Å². The number of anilines is 2. The molecule has 0 atom stereocenters. The molecule has 0 saturated heterocycles. The van der Waals surface area contributed by atoms with Gasteiger partial charge in [-0.1, -0.05) is 0 Å². The van der Waals surface area contributed by atoms with Crippen LogP contribution in [-0.2, 0) is 10.0 Å². The highest BCUT2D eigenvalue weighted by Crippen LogP contribution is 2.23. The lowest BCUT2D eigenvalue weighted by Gasteiger charge is -2.10. The minimum Gasteiger partial charge on any atom is -0.497 e. The number of hydrogen-bond donors (Lipinski definition) is 2. The van der Waals surface area contributed by atoms with Gasteiger partial charge in [-0.05, 0) is 55.5 Å². The predicted octanol–water partition coefficient (Wildman–Crippen LogP) is 3.18. The van der Waals surface area contributed by atoms with Crippen LogP contribution in [-0.4, -0.2) is 32.7 Å². The minimum atomic E-state index is -3.34. The lowest BCUT2D eigenvalue weighted by molar-refractivity contribution is 0.102. The molecule has 0 unspecified atom stereocenters. The Morgan fingerprint density at radius 1 is 1.04 bits per heavy atom. The number of nitrogens with zero attached hydrogens (tertiary/aromatic N) is 1. The smallest absolute Gasteiger partial charge is 0.257 e. The van der Waals surface area contributed by atoms with Crippen molar-refractivity contribution in [2.75, 3.05) is 23.4 Å². The van der Waals surface area contributed by atoms with Gasteiger partial charge in [0.15, 0.2) is 0 Å². The van der Waals surface area contributed by atoms with Gasteiger partial charge in [-0.3, -0.25) is 14.5 Å². The van der Waals surface area contributed by atoms with Gasteiger partial charge in [-0.15, -0.1) is 0 Å². The van der Waals surface area contributed by atoms with Crippen LogP contribution < -0.4 is 14.8 Å². The number of nitrogens with one attached hydrogen (secondary N) is 2. The number of ether oxygens (including phenoxy) is 1. The number of carbonyl (C=O) groups is 1. The molecule has 1 aromatic heterocycles. The molecule has 1 heterocycles. The van der Waals surface area contributed by atoms with Crippen molar-refractivity contribution in [3.63, 3.8) is 0 Å². The monoisotopic (exact) mass is 385 g/mol. The Morgan fingerprint density at radius 2 is 1.70 bits per heavy atom. The molecule has 2 N–H and O–H groups in total. The number of aryl methyl sites for hydroxylation is 1. The number of pyridine rings is 1. The molecule has 27 heavy (non-hydrogen) atoms. The van der Waals surface area contributed by atoms with Crippen molar-refractivity contribution in [1.82, 2.24) is 4.98 Å². The summed E-state index contributed by atoms with van der Waals surface area (Å²) in [6.45, 7) is 1.78. The molecule has 140 valence electrons. The van der Waals surface area contributed by atoms with Crippen molar-refractivity contribution in [3.8, 4) is 5.75 Å². The van der Waals surface area contributed by atoms with Crippen LogP contribution >= 0.6 is 0 Å². The molecule has 0 aliphatic rings. The summed E-state index contributed by atoms with van der Waals surface area (Å²) in [5.74, 6) is 0.391. The molecule has 1 amide bonds. The van der Waals surface area contributed by atoms with E-state index in [0.717, 1.165) is 17.2 Å². The summed E-state index contributed by atoms with van der Waals surface area (Å²) in [6.07, 6.45) is 1.08. The van der Waals surface area contributed by atoms with E-state index in [1.165, 1.54) is 0 Å². The Morgan fingerprint density at radius 3 is 2.33 bits per heavy atom. The van der Waals surface area contributed by atoms with E-state index >= 15 is 0 Å². The third kappa shape index (κ3) is 4.53. The van der Waals surface area contributed by atoms with E-state index in [4.69, 9.17) is 4.74 Å². The molecular weight excluding hydrogens is 366 g/mol. The highest BCUT2D eigenvalue weighted by molar-refractivity contribution is 7.92. The van der Waals surface area contributed by atoms with Crippen LogP contribution in [0.15, 0.2) is 48.5 Å². The van der Waals surface area contributed by atoms with Gasteiger partial charge in [0, 0.05) is 16.8 Å².